The van der Waals surface area contributed by atoms with Crippen molar-refractivity contribution < 1.29 is 4.79 Å². The Bertz CT molecular complexity index is 1020. The fraction of sp³-hybridized carbons (Fsp3) is 0.385. The number of carbonyl (C=O) groups excluding carboxylic acids is 1. The molecule has 0 N–H and O–H groups in total. The summed E-state index contributed by atoms with van der Waals surface area (Å²) in [6.45, 7) is 8.74. The lowest BCUT2D eigenvalue weighted by molar-refractivity contribution is 0.0763. The zero-order valence-corrected chi connectivity index (χ0v) is 18.1. The van der Waals surface area contributed by atoms with Crippen LogP contribution in [0.25, 0.3) is 10.9 Å². The van der Waals surface area contributed by atoms with Crippen LogP contribution in [0.1, 0.15) is 40.0 Å². The zero-order chi connectivity index (χ0) is 20.9. The first-order valence-electron chi connectivity index (χ1n) is 11.0. The topological polar surface area (TPSA) is 36.4 Å². The Hall–Kier alpha value is -2.72. The number of hydrogen-bond acceptors (Lipinski definition) is 3. The molecule has 4 nitrogen and oxygen atoms in total. The van der Waals surface area contributed by atoms with Crippen LogP contribution in [-0.2, 0) is 6.42 Å². The van der Waals surface area contributed by atoms with Crippen LogP contribution >= 0.6 is 0 Å². The van der Waals surface area contributed by atoms with Crippen LogP contribution in [0.3, 0.4) is 0 Å². The first kappa shape index (κ1) is 20.5. The van der Waals surface area contributed by atoms with Gasteiger partial charge in [0.05, 0.1) is 11.1 Å². The average Bonchev–Trinajstić information content (AvgIpc) is 2.99. The molecule has 1 aliphatic heterocycles. The SMILES string of the molecule is Cc1ccc2nc(C)cc(C(=O)N3CCCN(CCCc4ccccc4)CC3)c2c1. The second-order valence-corrected chi connectivity index (χ2v) is 8.41. The number of carbonyl (C=O) groups is 1. The first-order valence-corrected chi connectivity index (χ1v) is 11.0. The van der Waals surface area contributed by atoms with Gasteiger partial charge in [0, 0.05) is 30.7 Å². The number of fused-ring (bicyclic) bond motifs is 1. The number of hydrogen-bond donors (Lipinski definition) is 0. The van der Waals surface area contributed by atoms with Crippen LogP contribution < -0.4 is 0 Å². The molecular formula is C26H31N3O. The van der Waals surface area contributed by atoms with Crippen LogP contribution in [-0.4, -0.2) is 53.4 Å². The molecule has 156 valence electrons. The smallest absolute Gasteiger partial charge is 0.254 e. The van der Waals surface area contributed by atoms with Crippen molar-refractivity contribution in [2.45, 2.75) is 33.1 Å². The van der Waals surface area contributed by atoms with E-state index in [4.69, 9.17) is 0 Å². The Morgan fingerprint density at radius 1 is 0.967 bits per heavy atom. The molecule has 3 aromatic rings. The lowest BCUT2D eigenvalue weighted by Crippen LogP contribution is -2.35. The summed E-state index contributed by atoms with van der Waals surface area (Å²) in [5.74, 6) is 0.141. The molecule has 0 unspecified atom stereocenters. The molecule has 0 saturated carbocycles. The molecule has 0 aliphatic carbocycles. The van der Waals surface area contributed by atoms with Gasteiger partial charge in [-0.2, -0.15) is 0 Å². The highest BCUT2D eigenvalue weighted by Gasteiger charge is 2.22. The third-order valence-electron chi connectivity index (χ3n) is 5.98. The molecule has 30 heavy (non-hydrogen) atoms. The van der Waals surface area contributed by atoms with Crippen molar-refractivity contribution >= 4 is 16.8 Å². The van der Waals surface area contributed by atoms with E-state index in [0.717, 1.165) is 79.7 Å². The molecule has 4 heteroatoms. The van der Waals surface area contributed by atoms with E-state index < -0.39 is 0 Å². The van der Waals surface area contributed by atoms with E-state index in [1.807, 2.05) is 24.0 Å². The molecule has 1 aliphatic rings. The highest BCUT2D eigenvalue weighted by molar-refractivity contribution is 6.06. The standard InChI is InChI=1S/C26H31N3O/c1-20-11-12-25-23(18-20)24(19-21(2)27-25)26(30)29-15-7-14-28(16-17-29)13-6-10-22-8-4-3-5-9-22/h3-5,8-9,11-12,18-19H,6-7,10,13-17H2,1-2H3. The maximum Gasteiger partial charge on any atom is 0.254 e. The molecular weight excluding hydrogens is 370 g/mol. The highest BCUT2D eigenvalue weighted by Crippen LogP contribution is 2.22. The fourth-order valence-corrected chi connectivity index (χ4v) is 4.37. The predicted octanol–water partition coefficient (Wildman–Crippen LogP) is 4.63. The van der Waals surface area contributed by atoms with Crippen molar-refractivity contribution in [3.63, 3.8) is 0 Å². The molecule has 2 heterocycles. The zero-order valence-electron chi connectivity index (χ0n) is 18.1. The summed E-state index contributed by atoms with van der Waals surface area (Å²) in [7, 11) is 0. The van der Waals surface area contributed by atoms with Crippen molar-refractivity contribution in [1.82, 2.24) is 14.8 Å². The molecule has 0 radical (unpaired) electrons. The summed E-state index contributed by atoms with van der Waals surface area (Å²) in [5.41, 5.74) is 5.15. The Kier molecular flexibility index (Phi) is 6.44. The molecule has 1 aromatic heterocycles. The Morgan fingerprint density at radius 3 is 2.63 bits per heavy atom. The number of amides is 1. The predicted molar refractivity (Wildman–Crippen MR) is 123 cm³/mol. The van der Waals surface area contributed by atoms with E-state index in [1.165, 1.54) is 5.56 Å². The van der Waals surface area contributed by atoms with Gasteiger partial charge < -0.3 is 9.80 Å². The van der Waals surface area contributed by atoms with Crippen molar-refractivity contribution in [1.29, 1.82) is 0 Å². The average molecular weight is 402 g/mol. The van der Waals surface area contributed by atoms with Gasteiger partial charge >= 0.3 is 0 Å². The maximum absolute atomic E-state index is 13.4. The maximum atomic E-state index is 13.4. The summed E-state index contributed by atoms with van der Waals surface area (Å²) in [6.07, 6.45) is 3.30. The third-order valence-corrected chi connectivity index (χ3v) is 5.98. The lowest BCUT2D eigenvalue weighted by atomic mass is 10.0. The number of benzene rings is 2. The molecule has 2 aromatic carbocycles. The fourth-order valence-electron chi connectivity index (χ4n) is 4.37. The van der Waals surface area contributed by atoms with E-state index in [0.29, 0.717) is 0 Å². The van der Waals surface area contributed by atoms with Crippen LogP contribution in [0.5, 0.6) is 0 Å². The highest BCUT2D eigenvalue weighted by atomic mass is 16.2. The first-order chi connectivity index (χ1) is 14.6. The van der Waals surface area contributed by atoms with Crippen LogP contribution in [0, 0.1) is 13.8 Å². The van der Waals surface area contributed by atoms with Gasteiger partial charge in [-0.15, -0.1) is 0 Å². The molecule has 1 fully saturated rings. The molecule has 0 atom stereocenters. The molecule has 4 rings (SSSR count). The molecule has 0 spiro atoms. The number of nitrogens with zero attached hydrogens (tertiary/aromatic N) is 3. The summed E-state index contributed by atoms with van der Waals surface area (Å²) in [6, 6.07) is 18.8. The quantitative estimate of drug-likeness (QED) is 0.625. The van der Waals surface area contributed by atoms with Gasteiger partial charge in [-0.3, -0.25) is 9.78 Å². The molecule has 1 saturated heterocycles. The van der Waals surface area contributed by atoms with Crippen molar-refractivity contribution in [2.24, 2.45) is 0 Å². The van der Waals surface area contributed by atoms with Crippen LogP contribution in [0.15, 0.2) is 54.6 Å². The number of aryl methyl sites for hydroxylation is 3. The van der Waals surface area contributed by atoms with Gasteiger partial charge in [0.15, 0.2) is 0 Å². The Labute approximate surface area is 179 Å². The second-order valence-electron chi connectivity index (χ2n) is 8.41. The van der Waals surface area contributed by atoms with E-state index >= 15 is 0 Å². The summed E-state index contributed by atoms with van der Waals surface area (Å²) < 4.78 is 0. The van der Waals surface area contributed by atoms with E-state index in [1.54, 1.807) is 0 Å². The largest absolute Gasteiger partial charge is 0.337 e. The number of aromatic nitrogens is 1. The Morgan fingerprint density at radius 2 is 1.80 bits per heavy atom. The minimum Gasteiger partial charge on any atom is -0.337 e. The van der Waals surface area contributed by atoms with Gasteiger partial charge in [-0.1, -0.05) is 42.0 Å². The van der Waals surface area contributed by atoms with E-state index in [2.05, 4.69) is 59.3 Å². The van der Waals surface area contributed by atoms with Crippen molar-refractivity contribution in [2.75, 3.05) is 32.7 Å². The number of rotatable bonds is 5. The van der Waals surface area contributed by atoms with Gasteiger partial charge in [-0.05, 0) is 70.0 Å². The summed E-state index contributed by atoms with van der Waals surface area (Å²) >= 11 is 0. The molecule has 0 bridgehead atoms. The van der Waals surface area contributed by atoms with Gasteiger partial charge in [-0.25, -0.2) is 0 Å². The van der Waals surface area contributed by atoms with Crippen molar-refractivity contribution in [3.05, 3.63) is 77.0 Å². The minimum atomic E-state index is 0.141. The lowest BCUT2D eigenvalue weighted by Gasteiger charge is -2.23. The van der Waals surface area contributed by atoms with Gasteiger partial charge in [0.25, 0.3) is 5.91 Å². The van der Waals surface area contributed by atoms with E-state index in [-0.39, 0.29) is 5.91 Å². The second kappa shape index (κ2) is 9.40. The summed E-state index contributed by atoms with van der Waals surface area (Å²) in [5, 5.41) is 0.967. The number of pyridine rings is 1. The normalized spacial score (nSPS) is 15.3. The van der Waals surface area contributed by atoms with Crippen molar-refractivity contribution in [3.8, 4) is 0 Å². The minimum absolute atomic E-state index is 0.141. The molecule has 1 amide bonds. The van der Waals surface area contributed by atoms with Gasteiger partial charge in [0.1, 0.15) is 0 Å². The summed E-state index contributed by atoms with van der Waals surface area (Å²) in [4.78, 5) is 22.6. The van der Waals surface area contributed by atoms with E-state index in [9.17, 15) is 4.79 Å². The monoisotopic (exact) mass is 401 g/mol. The Balaban J connectivity index is 1.40. The van der Waals surface area contributed by atoms with Crippen LogP contribution in [0.2, 0.25) is 0 Å². The third kappa shape index (κ3) is 4.88. The van der Waals surface area contributed by atoms with Gasteiger partial charge in [0.2, 0.25) is 0 Å². The van der Waals surface area contributed by atoms with Crippen LogP contribution in [0.4, 0.5) is 0 Å².